The van der Waals surface area contributed by atoms with Crippen LogP contribution in [-0.4, -0.2) is 62.9 Å². The number of aliphatic hydroxyl groups is 3. The third-order valence-corrected chi connectivity index (χ3v) is 15.5. The summed E-state index contributed by atoms with van der Waals surface area (Å²) in [6, 6.07) is -0.562. The first-order valence-electron chi connectivity index (χ1n) is 17.7. The summed E-state index contributed by atoms with van der Waals surface area (Å²) in [4.78, 5) is 16.4. The summed E-state index contributed by atoms with van der Waals surface area (Å²) in [5, 5.41) is 34.0. The van der Waals surface area contributed by atoms with Gasteiger partial charge in [0, 0.05) is 5.92 Å². The van der Waals surface area contributed by atoms with Crippen LogP contribution in [0.2, 0.25) is 0 Å². The van der Waals surface area contributed by atoms with Gasteiger partial charge in [0.25, 0.3) is 0 Å². The van der Waals surface area contributed by atoms with Crippen molar-refractivity contribution in [1.29, 1.82) is 0 Å². The van der Waals surface area contributed by atoms with Gasteiger partial charge in [-0.15, -0.1) is 0 Å². The molecule has 1 aliphatic heterocycles. The van der Waals surface area contributed by atoms with Crippen molar-refractivity contribution in [3.05, 3.63) is 0 Å². The lowest BCUT2D eigenvalue weighted by Gasteiger charge is -2.64. The van der Waals surface area contributed by atoms with Gasteiger partial charge in [0.15, 0.2) is 0 Å². The summed E-state index contributed by atoms with van der Waals surface area (Å²) in [6.07, 6.45) is 9.08. The number of esters is 1. The fourth-order valence-corrected chi connectivity index (χ4v) is 13.3. The van der Waals surface area contributed by atoms with Crippen LogP contribution in [0, 0.1) is 44.8 Å². The molecule has 252 valence electrons. The Kier molecular flexibility index (Phi) is 8.01. The van der Waals surface area contributed by atoms with Crippen molar-refractivity contribution in [2.45, 2.75) is 174 Å². The smallest absolute Gasteiger partial charge is 0.324 e. The van der Waals surface area contributed by atoms with E-state index >= 15 is 0 Å². The molecular weight excluding hydrogens is 578 g/mol. The lowest BCUT2D eigenvalue weighted by molar-refractivity contribution is -0.214. The molecule has 6 aliphatic rings. The zero-order valence-electron chi connectivity index (χ0n) is 28.5. The van der Waals surface area contributed by atoms with Crippen LogP contribution in [0.15, 0.2) is 0 Å². The molecule has 0 amide bonds. The van der Waals surface area contributed by atoms with Crippen molar-refractivity contribution < 1.29 is 29.6 Å². The molecule has 0 aromatic rings. The Labute approximate surface area is 270 Å². The van der Waals surface area contributed by atoms with Gasteiger partial charge in [0.1, 0.15) is 12.1 Å². The van der Waals surface area contributed by atoms with Gasteiger partial charge in [0.05, 0.1) is 29.5 Å². The minimum Gasteiger partial charge on any atom is -0.461 e. The first-order valence-corrected chi connectivity index (χ1v) is 18.1. The van der Waals surface area contributed by atoms with E-state index in [9.17, 15) is 20.1 Å². The number of fused-ring (bicyclic) bond motifs is 2. The predicted octanol–water partition coefficient (Wildman–Crippen LogP) is 6.29. The number of halogens is 1. The van der Waals surface area contributed by atoms with Crippen molar-refractivity contribution >= 4 is 17.7 Å². The Morgan fingerprint density at radius 3 is 2.34 bits per heavy atom. The minimum atomic E-state index is -0.960. The monoisotopic (exact) mass is 637 g/mol. The Hall–Kier alpha value is -0.440. The van der Waals surface area contributed by atoms with Crippen molar-refractivity contribution in [1.82, 2.24) is 4.84 Å². The first kappa shape index (κ1) is 33.5. The van der Waals surface area contributed by atoms with E-state index < -0.39 is 23.3 Å². The average molecular weight is 638 g/mol. The molecule has 6 rings (SSSR count). The first-order chi connectivity index (χ1) is 20.4. The number of ether oxygens (including phenoxy) is 2. The van der Waals surface area contributed by atoms with Crippen molar-refractivity contribution in [3.8, 4) is 0 Å². The molecular formula is C36H60ClNO6. The van der Waals surface area contributed by atoms with Gasteiger partial charge in [-0.25, -0.2) is 4.84 Å². The van der Waals surface area contributed by atoms with E-state index in [1.54, 1.807) is 0 Å². The van der Waals surface area contributed by atoms with Gasteiger partial charge in [0.2, 0.25) is 0 Å². The number of hydrogen-bond acceptors (Lipinski definition) is 7. The highest BCUT2D eigenvalue weighted by Gasteiger charge is 2.85. The summed E-state index contributed by atoms with van der Waals surface area (Å²) in [5.41, 5.74) is -1.98. The maximum absolute atomic E-state index is 13.7. The van der Waals surface area contributed by atoms with Crippen LogP contribution >= 0.6 is 11.8 Å². The molecule has 5 aliphatic carbocycles. The molecule has 44 heavy (non-hydrogen) atoms. The fourth-order valence-electron chi connectivity index (χ4n) is 13.1. The highest BCUT2D eigenvalue weighted by atomic mass is 35.5. The van der Waals surface area contributed by atoms with Gasteiger partial charge < -0.3 is 24.8 Å². The standard InChI is InChI=1S/C36H60ClNO6/c1-9-10-11-21(38-37)29(41)43-23-19-33(7)24-18-22(39)27-30(2,3)25(40)12-15-36(27)20-35(24,36)17-16-32(33,6)28(23)34(8)14-13-26(44-34)31(4,5)42/h21-28,38-40,42H,9-20H2,1-8H3/t21?,22-,23-,24?,25-,26-,27-,28-,32+,33-,34+,35?,36+/m0/s1. The third-order valence-electron chi connectivity index (χ3n) is 15.3. The van der Waals surface area contributed by atoms with E-state index in [1.807, 2.05) is 13.8 Å². The molecule has 0 aromatic heterocycles. The number of unbranched alkanes of at least 4 members (excludes halogenated alkanes) is 1. The van der Waals surface area contributed by atoms with Crippen molar-refractivity contribution in [2.75, 3.05) is 0 Å². The van der Waals surface area contributed by atoms with Crippen molar-refractivity contribution in [2.24, 2.45) is 44.8 Å². The quantitative estimate of drug-likeness (QED) is 0.183. The van der Waals surface area contributed by atoms with E-state index in [2.05, 4.69) is 46.4 Å². The van der Waals surface area contributed by atoms with Crippen LogP contribution < -0.4 is 4.84 Å². The number of carbonyl (C=O) groups is 1. The van der Waals surface area contributed by atoms with E-state index in [4.69, 9.17) is 21.3 Å². The highest BCUT2D eigenvalue weighted by molar-refractivity contribution is 6.14. The summed E-state index contributed by atoms with van der Waals surface area (Å²) in [5.74, 6) is 0.0600. The highest BCUT2D eigenvalue weighted by Crippen LogP contribution is 2.89. The predicted molar refractivity (Wildman–Crippen MR) is 171 cm³/mol. The fraction of sp³-hybridized carbons (Fsp3) is 0.972. The Balaban J connectivity index is 1.38. The normalized spacial score (nSPS) is 51.5. The van der Waals surface area contributed by atoms with E-state index in [-0.39, 0.29) is 63.2 Å². The third kappa shape index (κ3) is 4.41. The Morgan fingerprint density at radius 2 is 1.73 bits per heavy atom. The Bertz CT molecular complexity index is 1140. The molecule has 1 saturated heterocycles. The van der Waals surface area contributed by atoms with Crippen LogP contribution in [0.5, 0.6) is 0 Å². The molecule has 8 heteroatoms. The molecule has 2 spiro atoms. The molecule has 4 N–H and O–H groups in total. The second-order valence-corrected chi connectivity index (χ2v) is 18.3. The second-order valence-electron chi connectivity index (χ2n) is 18.1. The maximum Gasteiger partial charge on any atom is 0.324 e. The van der Waals surface area contributed by atoms with Gasteiger partial charge in [-0.2, -0.15) is 0 Å². The summed E-state index contributed by atoms with van der Waals surface area (Å²) < 4.78 is 13.5. The van der Waals surface area contributed by atoms with Gasteiger partial charge in [-0.05, 0) is 136 Å². The molecule has 13 atom stereocenters. The van der Waals surface area contributed by atoms with E-state index in [1.165, 1.54) is 0 Å². The van der Waals surface area contributed by atoms with E-state index in [0.29, 0.717) is 12.3 Å². The number of hydrogen-bond donors (Lipinski definition) is 4. The van der Waals surface area contributed by atoms with Crippen LogP contribution in [0.25, 0.3) is 0 Å². The molecule has 6 fully saturated rings. The number of nitrogens with one attached hydrogen (secondary N) is 1. The average Bonchev–Trinajstić information content (AvgIpc) is 3.27. The molecule has 1 heterocycles. The van der Waals surface area contributed by atoms with E-state index in [0.717, 1.165) is 70.6 Å². The second kappa shape index (κ2) is 10.5. The molecule has 0 bridgehead atoms. The zero-order chi connectivity index (χ0) is 32.3. The molecule has 7 nitrogen and oxygen atoms in total. The maximum atomic E-state index is 13.7. The van der Waals surface area contributed by atoms with Crippen LogP contribution in [0.4, 0.5) is 0 Å². The summed E-state index contributed by atoms with van der Waals surface area (Å²) in [6.45, 7) is 17.1. The number of rotatable bonds is 8. The molecule has 5 saturated carbocycles. The summed E-state index contributed by atoms with van der Waals surface area (Å²) in [7, 11) is 0. The van der Waals surface area contributed by atoms with Gasteiger partial charge in [-0.3, -0.25) is 4.79 Å². The van der Waals surface area contributed by atoms with Gasteiger partial charge >= 0.3 is 5.97 Å². The molecule has 3 unspecified atom stereocenters. The number of aliphatic hydroxyl groups excluding tert-OH is 2. The Morgan fingerprint density at radius 1 is 1.02 bits per heavy atom. The topological polar surface area (TPSA) is 108 Å². The molecule has 0 radical (unpaired) electrons. The zero-order valence-corrected chi connectivity index (χ0v) is 29.3. The van der Waals surface area contributed by atoms with Crippen LogP contribution in [0.3, 0.4) is 0 Å². The number of carbonyl (C=O) groups excluding carboxylic acids is 1. The van der Waals surface area contributed by atoms with Crippen LogP contribution in [-0.2, 0) is 14.3 Å². The minimum absolute atomic E-state index is 0.0509. The van der Waals surface area contributed by atoms with Crippen LogP contribution in [0.1, 0.15) is 132 Å². The SMILES string of the molecule is CCCCC(NCl)C(=O)O[C@H]1C[C@@]2(C)C3C[C@H](O)[C@H]4C(C)(C)[C@@H](O)CC[C@@]45CC35CC[C@]2(C)[C@H]1[C@@]1(C)CC[C@@H](C(C)(C)O)O1. The lowest BCUT2D eigenvalue weighted by Crippen LogP contribution is -2.62. The van der Waals surface area contributed by atoms with Gasteiger partial charge in [-0.1, -0.05) is 47.5 Å². The summed E-state index contributed by atoms with van der Waals surface area (Å²) >= 11 is 6.10. The lowest BCUT2D eigenvalue weighted by atomic mass is 9.41. The van der Waals surface area contributed by atoms with Crippen molar-refractivity contribution in [3.63, 3.8) is 0 Å². The largest absolute Gasteiger partial charge is 0.461 e. The molecule has 0 aromatic carbocycles.